The van der Waals surface area contributed by atoms with Crippen LogP contribution < -0.4 is 10.1 Å². The Labute approximate surface area is 215 Å². The molecule has 9 heteroatoms. The standard InChI is InChI=1S/C29H21F4NO4/c1-17(18-5-7-19(8-6-18)28(36)37)34-27(35)25-16-21(20-3-2-4-22(15-20)29(31,32)33)9-14-26(25)38-24-12-10-23(30)11-13-24/h2-17H,1H3,(H,34,35)(H,36,37)/t17-/m1/s1. The van der Waals surface area contributed by atoms with Crippen LogP contribution in [0.15, 0.2) is 91.0 Å². The number of carbonyl (C=O) groups is 2. The third-order valence-corrected chi connectivity index (χ3v) is 5.79. The summed E-state index contributed by atoms with van der Waals surface area (Å²) in [7, 11) is 0. The van der Waals surface area contributed by atoms with Crippen LogP contribution in [0, 0.1) is 5.82 Å². The van der Waals surface area contributed by atoms with Gasteiger partial charge in [-0.1, -0.05) is 30.3 Å². The van der Waals surface area contributed by atoms with Crippen LogP contribution >= 0.6 is 0 Å². The van der Waals surface area contributed by atoms with E-state index in [1.54, 1.807) is 19.1 Å². The molecule has 0 bridgehead atoms. The Morgan fingerprint density at radius 2 is 1.53 bits per heavy atom. The van der Waals surface area contributed by atoms with E-state index in [0.717, 1.165) is 12.1 Å². The molecule has 0 radical (unpaired) electrons. The van der Waals surface area contributed by atoms with Crippen molar-refractivity contribution in [1.29, 1.82) is 0 Å². The van der Waals surface area contributed by atoms with Crippen LogP contribution in [0.5, 0.6) is 11.5 Å². The molecule has 1 atom stereocenters. The fourth-order valence-corrected chi connectivity index (χ4v) is 3.75. The third-order valence-electron chi connectivity index (χ3n) is 5.79. The average molecular weight is 523 g/mol. The summed E-state index contributed by atoms with van der Waals surface area (Å²) in [4.78, 5) is 24.5. The maximum atomic E-state index is 13.4. The lowest BCUT2D eigenvalue weighted by Crippen LogP contribution is -2.27. The fraction of sp³-hybridized carbons (Fsp3) is 0.103. The smallest absolute Gasteiger partial charge is 0.416 e. The molecule has 1 amide bonds. The van der Waals surface area contributed by atoms with Crippen molar-refractivity contribution in [3.05, 3.63) is 119 Å². The van der Waals surface area contributed by atoms with Crippen LogP contribution in [0.1, 0.15) is 44.8 Å². The zero-order valence-electron chi connectivity index (χ0n) is 19.9. The number of hydrogen-bond donors (Lipinski definition) is 2. The number of hydrogen-bond acceptors (Lipinski definition) is 3. The Morgan fingerprint density at radius 3 is 2.16 bits per heavy atom. The summed E-state index contributed by atoms with van der Waals surface area (Å²) in [5.41, 5.74) is 0.546. The van der Waals surface area contributed by atoms with E-state index >= 15 is 0 Å². The van der Waals surface area contributed by atoms with Gasteiger partial charge < -0.3 is 15.2 Å². The second kappa shape index (κ2) is 10.8. The first-order chi connectivity index (χ1) is 18.0. The van der Waals surface area contributed by atoms with E-state index in [1.165, 1.54) is 66.7 Å². The highest BCUT2D eigenvalue weighted by Gasteiger charge is 2.30. The Kier molecular flexibility index (Phi) is 7.47. The monoisotopic (exact) mass is 523 g/mol. The molecule has 0 saturated carbocycles. The lowest BCUT2D eigenvalue weighted by molar-refractivity contribution is -0.137. The number of rotatable bonds is 7. The molecule has 0 fully saturated rings. The molecule has 194 valence electrons. The van der Waals surface area contributed by atoms with Crippen molar-refractivity contribution in [1.82, 2.24) is 5.32 Å². The highest BCUT2D eigenvalue weighted by molar-refractivity contribution is 5.98. The second-order valence-electron chi connectivity index (χ2n) is 8.47. The molecule has 4 rings (SSSR count). The van der Waals surface area contributed by atoms with Crippen molar-refractivity contribution < 1.29 is 37.0 Å². The molecule has 0 heterocycles. The summed E-state index contributed by atoms with van der Waals surface area (Å²) in [6.07, 6.45) is -4.53. The topological polar surface area (TPSA) is 75.6 Å². The van der Waals surface area contributed by atoms with Gasteiger partial charge in [-0.05, 0) is 84.3 Å². The Morgan fingerprint density at radius 1 is 0.868 bits per heavy atom. The van der Waals surface area contributed by atoms with Gasteiger partial charge in [-0.25, -0.2) is 9.18 Å². The molecule has 0 aliphatic heterocycles. The first-order valence-corrected chi connectivity index (χ1v) is 11.4. The summed E-state index contributed by atoms with van der Waals surface area (Å²) in [5.74, 6) is -1.77. The van der Waals surface area contributed by atoms with E-state index < -0.39 is 35.5 Å². The number of alkyl halides is 3. The van der Waals surface area contributed by atoms with Crippen molar-refractivity contribution in [2.75, 3.05) is 0 Å². The molecule has 0 saturated heterocycles. The number of halogens is 4. The molecular formula is C29H21F4NO4. The molecule has 0 aliphatic rings. The predicted octanol–water partition coefficient (Wildman–Crippen LogP) is 7.49. The highest BCUT2D eigenvalue weighted by Crippen LogP contribution is 2.35. The zero-order chi connectivity index (χ0) is 27.4. The number of aromatic carboxylic acids is 1. The molecule has 2 N–H and O–H groups in total. The third kappa shape index (κ3) is 6.18. The highest BCUT2D eigenvalue weighted by atomic mass is 19.4. The van der Waals surface area contributed by atoms with Crippen LogP contribution in [0.25, 0.3) is 11.1 Å². The molecule has 0 aromatic heterocycles. The summed E-state index contributed by atoms with van der Waals surface area (Å²) in [6, 6.07) is 19.7. The van der Waals surface area contributed by atoms with E-state index in [0.29, 0.717) is 11.1 Å². The minimum atomic E-state index is -4.53. The fourth-order valence-electron chi connectivity index (χ4n) is 3.75. The van der Waals surface area contributed by atoms with E-state index in [4.69, 9.17) is 9.84 Å². The lowest BCUT2D eigenvalue weighted by Gasteiger charge is -2.18. The first kappa shape index (κ1) is 26.4. The van der Waals surface area contributed by atoms with Gasteiger partial charge in [-0.15, -0.1) is 0 Å². The summed E-state index contributed by atoms with van der Waals surface area (Å²) in [5, 5.41) is 11.9. The normalized spacial score (nSPS) is 12.0. The van der Waals surface area contributed by atoms with Gasteiger partial charge in [0.2, 0.25) is 0 Å². The van der Waals surface area contributed by atoms with Crippen molar-refractivity contribution >= 4 is 11.9 Å². The summed E-state index contributed by atoms with van der Waals surface area (Å²) < 4.78 is 58.9. The SMILES string of the molecule is C[C@@H](NC(=O)c1cc(-c2cccc(C(F)(F)F)c2)ccc1Oc1ccc(F)cc1)c1ccc(C(=O)O)cc1. The van der Waals surface area contributed by atoms with Gasteiger partial charge in [-0.2, -0.15) is 13.2 Å². The molecule has 4 aromatic carbocycles. The van der Waals surface area contributed by atoms with Gasteiger partial charge in [0.15, 0.2) is 0 Å². The zero-order valence-corrected chi connectivity index (χ0v) is 19.9. The van der Waals surface area contributed by atoms with Gasteiger partial charge in [0.25, 0.3) is 5.91 Å². The second-order valence-corrected chi connectivity index (χ2v) is 8.47. The number of carboxylic acids is 1. The molecular weight excluding hydrogens is 502 g/mol. The van der Waals surface area contributed by atoms with Crippen LogP contribution in [-0.4, -0.2) is 17.0 Å². The molecule has 4 aromatic rings. The summed E-state index contributed by atoms with van der Waals surface area (Å²) in [6.45, 7) is 1.70. The minimum Gasteiger partial charge on any atom is -0.478 e. The number of carboxylic acid groups (broad SMARTS) is 1. The van der Waals surface area contributed by atoms with E-state index in [1.807, 2.05) is 0 Å². The van der Waals surface area contributed by atoms with Crippen molar-refractivity contribution in [3.8, 4) is 22.6 Å². The van der Waals surface area contributed by atoms with Gasteiger partial charge in [0.1, 0.15) is 17.3 Å². The maximum Gasteiger partial charge on any atom is 0.416 e. The Balaban J connectivity index is 1.68. The molecule has 5 nitrogen and oxygen atoms in total. The summed E-state index contributed by atoms with van der Waals surface area (Å²) >= 11 is 0. The van der Waals surface area contributed by atoms with Crippen LogP contribution in [0.4, 0.5) is 17.6 Å². The Hall–Kier alpha value is -4.66. The van der Waals surface area contributed by atoms with Gasteiger partial charge in [-0.3, -0.25) is 4.79 Å². The average Bonchev–Trinajstić information content (AvgIpc) is 2.89. The molecule has 0 unspecified atom stereocenters. The van der Waals surface area contributed by atoms with Crippen LogP contribution in [0.2, 0.25) is 0 Å². The molecule has 0 aliphatic carbocycles. The molecule has 0 spiro atoms. The lowest BCUT2D eigenvalue weighted by atomic mass is 9.99. The van der Waals surface area contributed by atoms with E-state index in [-0.39, 0.29) is 28.2 Å². The quantitative estimate of drug-likeness (QED) is 0.246. The van der Waals surface area contributed by atoms with E-state index in [2.05, 4.69) is 5.32 Å². The van der Waals surface area contributed by atoms with Gasteiger partial charge >= 0.3 is 12.1 Å². The predicted molar refractivity (Wildman–Crippen MR) is 133 cm³/mol. The van der Waals surface area contributed by atoms with Crippen molar-refractivity contribution in [2.24, 2.45) is 0 Å². The van der Waals surface area contributed by atoms with E-state index in [9.17, 15) is 27.2 Å². The van der Waals surface area contributed by atoms with Gasteiger partial charge in [0.05, 0.1) is 22.7 Å². The maximum absolute atomic E-state index is 13.4. The molecule has 38 heavy (non-hydrogen) atoms. The number of nitrogens with one attached hydrogen (secondary N) is 1. The number of benzene rings is 4. The van der Waals surface area contributed by atoms with Crippen LogP contribution in [0.3, 0.4) is 0 Å². The Bertz CT molecular complexity index is 1470. The van der Waals surface area contributed by atoms with Crippen LogP contribution in [-0.2, 0) is 6.18 Å². The number of amides is 1. The van der Waals surface area contributed by atoms with Crippen molar-refractivity contribution in [2.45, 2.75) is 19.1 Å². The minimum absolute atomic E-state index is 0.0400. The van der Waals surface area contributed by atoms with Gasteiger partial charge in [0, 0.05) is 0 Å². The largest absolute Gasteiger partial charge is 0.478 e. The first-order valence-electron chi connectivity index (χ1n) is 11.4. The van der Waals surface area contributed by atoms with Crippen molar-refractivity contribution in [3.63, 3.8) is 0 Å². The number of carbonyl (C=O) groups excluding carboxylic acids is 1. The number of ether oxygens (including phenoxy) is 1.